The van der Waals surface area contributed by atoms with Gasteiger partial charge >= 0.3 is 0 Å². The number of amides is 1. The number of carbonyl (C=O) groups excluding carboxylic acids is 1. The lowest BCUT2D eigenvalue weighted by Crippen LogP contribution is -2.40. The van der Waals surface area contributed by atoms with Crippen LogP contribution in [-0.2, 0) is 14.8 Å². The van der Waals surface area contributed by atoms with E-state index in [2.05, 4.69) is 5.32 Å². The van der Waals surface area contributed by atoms with E-state index in [0.717, 1.165) is 0 Å². The van der Waals surface area contributed by atoms with Crippen molar-refractivity contribution < 1.29 is 22.7 Å². The van der Waals surface area contributed by atoms with E-state index in [4.69, 9.17) is 32.7 Å². The Balaban J connectivity index is 1.94. The van der Waals surface area contributed by atoms with E-state index in [1.807, 2.05) is 0 Å². The summed E-state index contributed by atoms with van der Waals surface area (Å²) in [6.45, 7) is 1.17. The number of carbonyl (C=O) groups is 1. The van der Waals surface area contributed by atoms with E-state index in [0.29, 0.717) is 28.9 Å². The minimum atomic E-state index is -3.76. The summed E-state index contributed by atoms with van der Waals surface area (Å²) in [5.41, 5.74) is 0.371. The van der Waals surface area contributed by atoms with Crippen molar-refractivity contribution >= 4 is 44.8 Å². The molecule has 0 aliphatic carbocycles. The molecule has 0 saturated carbocycles. The molecule has 3 rings (SSSR count). The van der Waals surface area contributed by atoms with Crippen LogP contribution in [0, 0.1) is 0 Å². The van der Waals surface area contributed by atoms with Crippen LogP contribution in [0.15, 0.2) is 41.3 Å². The third-order valence-electron chi connectivity index (χ3n) is 4.20. The minimum absolute atomic E-state index is 0.00228. The monoisotopic (exact) mass is 444 g/mol. The standard InChI is InChI=1S/C18H18Cl2N2O5S/c1-26-17-5-3-13(28(24,25)22-6-8-27-9-7-22)11-14(17)18(23)21-16-10-12(19)2-4-15(16)20/h2-5,10-11H,6-9H2,1H3,(H,21,23). The van der Waals surface area contributed by atoms with Gasteiger partial charge in [-0.15, -0.1) is 0 Å². The number of morpholine rings is 1. The Bertz CT molecular complexity index is 991. The van der Waals surface area contributed by atoms with Gasteiger partial charge in [-0.2, -0.15) is 4.31 Å². The molecular weight excluding hydrogens is 427 g/mol. The van der Waals surface area contributed by atoms with Crippen LogP contribution in [0.25, 0.3) is 0 Å². The van der Waals surface area contributed by atoms with Gasteiger partial charge in [-0.05, 0) is 36.4 Å². The second kappa shape index (κ2) is 8.67. The van der Waals surface area contributed by atoms with Crippen molar-refractivity contribution in [1.82, 2.24) is 4.31 Å². The Labute approximate surface area is 173 Å². The molecule has 150 valence electrons. The maximum Gasteiger partial charge on any atom is 0.259 e. The molecule has 1 aliphatic heterocycles. The van der Waals surface area contributed by atoms with Crippen LogP contribution in [0.3, 0.4) is 0 Å². The molecule has 0 radical (unpaired) electrons. The summed E-state index contributed by atoms with van der Waals surface area (Å²) in [5.74, 6) is -0.336. The van der Waals surface area contributed by atoms with Gasteiger partial charge in [0, 0.05) is 18.1 Å². The van der Waals surface area contributed by atoms with Gasteiger partial charge in [-0.3, -0.25) is 4.79 Å². The molecule has 7 nitrogen and oxygen atoms in total. The highest BCUT2D eigenvalue weighted by molar-refractivity contribution is 7.89. The summed E-state index contributed by atoms with van der Waals surface area (Å²) in [6, 6.07) is 8.79. The highest BCUT2D eigenvalue weighted by Crippen LogP contribution is 2.29. The number of nitrogens with zero attached hydrogens (tertiary/aromatic N) is 1. The quantitative estimate of drug-likeness (QED) is 0.764. The normalized spacial score (nSPS) is 15.2. The first kappa shape index (κ1) is 20.9. The van der Waals surface area contributed by atoms with Gasteiger partial charge in [0.25, 0.3) is 5.91 Å². The number of benzene rings is 2. The summed E-state index contributed by atoms with van der Waals surface area (Å²) >= 11 is 12.0. The van der Waals surface area contributed by atoms with Gasteiger partial charge in [0.1, 0.15) is 5.75 Å². The van der Waals surface area contributed by atoms with Crippen LogP contribution in [-0.4, -0.2) is 52.0 Å². The number of nitrogens with one attached hydrogen (secondary N) is 1. The Morgan fingerprint density at radius 3 is 2.54 bits per heavy atom. The largest absolute Gasteiger partial charge is 0.496 e. The lowest BCUT2D eigenvalue weighted by Gasteiger charge is -2.26. The molecule has 1 heterocycles. The summed E-state index contributed by atoms with van der Waals surface area (Å²) in [6.07, 6.45) is 0. The molecule has 10 heteroatoms. The SMILES string of the molecule is COc1ccc(S(=O)(=O)N2CCOCC2)cc1C(=O)Nc1cc(Cl)ccc1Cl. The van der Waals surface area contributed by atoms with Gasteiger partial charge in [-0.25, -0.2) is 8.42 Å². The fourth-order valence-corrected chi connectivity index (χ4v) is 4.52. The number of rotatable bonds is 5. The van der Waals surface area contributed by atoms with Crippen LogP contribution in [0.1, 0.15) is 10.4 Å². The number of sulfonamides is 1. The second-order valence-electron chi connectivity index (χ2n) is 5.96. The van der Waals surface area contributed by atoms with Crippen molar-refractivity contribution in [2.45, 2.75) is 4.90 Å². The Hall–Kier alpha value is -1.84. The van der Waals surface area contributed by atoms with Crippen molar-refractivity contribution in [3.63, 3.8) is 0 Å². The predicted octanol–water partition coefficient (Wildman–Crippen LogP) is 3.28. The molecular formula is C18H18Cl2N2O5S. The van der Waals surface area contributed by atoms with Crippen molar-refractivity contribution in [2.24, 2.45) is 0 Å². The van der Waals surface area contributed by atoms with Crippen LogP contribution < -0.4 is 10.1 Å². The van der Waals surface area contributed by atoms with E-state index in [-0.39, 0.29) is 29.3 Å². The second-order valence-corrected chi connectivity index (χ2v) is 8.74. The summed E-state index contributed by atoms with van der Waals surface area (Å²) < 4.78 is 37.5. The molecule has 0 unspecified atom stereocenters. The highest BCUT2D eigenvalue weighted by atomic mass is 35.5. The van der Waals surface area contributed by atoms with Crippen LogP contribution in [0.5, 0.6) is 5.75 Å². The number of hydrogen-bond donors (Lipinski definition) is 1. The maximum atomic E-state index is 12.9. The van der Waals surface area contributed by atoms with Crippen molar-refractivity contribution in [2.75, 3.05) is 38.7 Å². The molecule has 1 amide bonds. The third-order valence-corrected chi connectivity index (χ3v) is 6.66. The lowest BCUT2D eigenvalue weighted by atomic mass is 10.2. The first-order valence-corrected chi connectivity index (χ1v) is 10.5. The van der Waals surface area contributed by atoms with E-state index in [9.17, 15) is 13.2 Å². The van der Waals surface area contributed by atoms with Crippen LogP contribution in [0.4, 0.5) is 5.69 Å². The molecule has 1 N–H and O–H groups in total. The molecule has 0 atom stereocenters. The average molecular weight is 445 g/mol. The van der Waals surface area contributed by atoms with Crippen molar-refractivity contribution in [1.29, 1.82) is 0 Å². The average Bonchev–Trinajstić information content (AvgIpc) is 2.70. The minimum Gasteiger partial charge on any atom is -0.496 e. The van der Waals surface area contributed by atoms with Crippen LogP contribution in [0.2, 0.25) is 10.0 Å². The van der Waals surface area contributed by atoms with E-state index < -0.39 is 15.9 Å². The Morgan fingerprint density at radius 1 is 1.14 bits per heavy atom. The molecule has 0 spiro atoms. The van der Waals surface area contributed by atoms with Crippen molar-refractivity contribution in [3.8, 4) is 5.75 Å². The van der Waals surface area contributed by atoms with Gasteiger partial charge in [0.2, 0.25) is 10.0 Å². The molecule has 0 aromatic heterocycles. The summed E-state index contributed by atoms with van der Waals surface area (Å²) in [4.78, 5) is 12.8. The Morgan fingerprint density at radius 2 is 1.86 bits per heavy atom. The van der Waals surface area contributed by atoms with Crippen LogP contribution >= 0.6 is 23.2 Å². The number of anilines is 1. The molecule has 28 heavy (non-hydrogen) atoms. The molecule has 2 aromatic rings. The smallest absolute Gasteiger partial charge is 0.259 e. The molecule has 1 fully saturated rings. The molecule has 1 aliphatic rings. The first-order chi connectivity index (χ1) is 13.3. The fraction of sp³-hybridized carbons (Fsp3) is 0.278. The third kappa shape index (κ3) is 4.42. The van der Waals surface area contributed by atoms with E-state index in [1.54, 1.807) is 12.1 Å². The van der Waals surface area contributed by atoms with Gasteiger partial charge in [0.05, 0.1) is 41.5 Å². The molecule has 2 aromatic carbocycles. The maximum absolute atomic E-state index is 12.9. The zero-order valence-corrected chi connectivity index (χ0v) is 17.3. The predicted molar refractivity (Wildman–Crippen MR) is 107 cm³/mol. The summed E-state index contributed by atoms with van der Waals surface area (Å²) in [7, 11) is -2.36. The van der Waals surface area contributed by atoms with Gasteiger partial charge < -0.3 is 14.8 Å². The fourth-order valence-electron chi connectivity index (χ4n) is 2.74. The highest BCUT2D eigenvalue weighted by Gasteiger charge is 2.28. The number of halogens is 2. The zero-order valence-electron chi connectivity index (χ0n) is 14.9. The topological polar surface area (TPSA) is 84.9 Å². The molecule has 0 bridgehead atoms. The number of methoxy groups -OCH3 is 1. The van der Waals surface area contributed by atoms with E-state index in [1.165, 1.54) is 35.7 Å². The zero-order chi connectivity index (χ0) is 20.3. The van der Waals surface area contributed by atoms with Gasteiger partial charge in [0.15, 0.2) is 0 Å². The lowest BCUT2D eigenvalue weighted by molar-refractivity contribution is 0.0730. The Kier molecular flexibility index (Phi) is 6.47. The van der Waals surface area contributed by atoms with Gasteiger partial charge in [-0.1, -0.05) is 23.2 Å². The first-order valence-electron chi connectivity index (χ1n) is 8.35. The van der Waals surface area contributed by atoms with Crippen molar-refractivity contribution in [3.05, 3.63) is 52.0 Å². The summed E-state index contributed by atoms with van der Waals surface area (Å²) in [5, 5.41) is 3.33. The molecule has 1 saturated heterocycles. The van der Waals surface area contributed by atoms with E-state index >= 15 is 0 Å². The number of ether oxygens (including phenoxy) is 2. The number of hydrogen-bond acceptors (Lipinski definition) is 5.